The Balaban J connectivity index is 2.05. The molecule has 5 nitrogen and oxygen atoms in total. The summed E-state index contributed by atoms with van der Waals surface area (Å²) < 4.78 is 10.7. The summed E-state index contributed by atoms with van der Waals surface area (Å²) in [5.74, 6) is 1.64. The largest absolute Gasteiger partial charge is 0.454 e. The fourth-order valence-electron chi connectivity index (χ4n) is 2.14. The molecule has 1 aromatic heterocycles. The van der Waals surface area contributed by atoms with Crippen LogP contribution in [0.25, 0.3) is 11.3 Å². The lowest BCUT2D eigenvalue weighted by atomic mass is 10.1. The van der Waals surface area contributed by atoms with Crippen LogP contribution in [0.15, 0.2) is 24.3 Å². The minimum absolute atomic E-state index is 0.198. The zero-order chi connectivity index (χ0) is 13.9. The van der Waals surface area contributed by atoms with Gasteiger partial charge in [0.1, 0.15) is 6.07 Å². The SMILES string of the molecule is CCCc1cc(-c2ccc3c(c2)OCO3)nc(C#N)n1. The van der Waals surface area contributed by atoms with Crippen molar-refractivity contribution >= 4 is 0 Å². The number of hydrogen-bond acceptors (Lipinski definition) is 5. The number of nitrogens with zero attached hydrogens (tertiary/aromatic N) is 3. The summed E-state index contributed by atoms with van der Waals surface area (Å²) >= 11 is 0. The lowest BCUT2D eigenvalue weighted by Crippen LogP contribution is -1.98. The second kappa shape index (κ2) is 5.17. The highest BCUT2D eigenvalue weighted by Crippen LogP contribution is 2.35. The standard InChI is InChI=1S/C15H13N3O2/c1-2-3-11-7-12(18-15(8-16)17-11)10-4-5-13-14(6-10)20-9-19-13/h4-7H,2-3,9H2,1H3. The Bertz CT molecular complexity index is 692. The lowest BCUT2D eigenvalue weighted by Gasteiger charge is -2.05. The Morgan fingerprint density at radius 1 is 1.20 bits per heavy atom. The van der Waals surface area contributed by atoms with E-state index in [-0.39, 0.29) is 12.6 Å². The van der Waals surface area contributed by atoms with E-state index < -0.39 is 0 Å². The van der Waals surface area contributed by atoms with Crippen molar-refractivity contribution in [1.82, 2.24) is 9.97 Å². The van der Waals surface area contributed by atoms with Crippen LogP contribution in [0.4, 0.5) is 0 Å². The van der Waals surface area contributed by atoms with Crippen LogP contribution in [0.3, 0.4) is 0 Å². The molecule has 0 N–H and O–H groups in total. The van der Waals surface area contributed by atoms with Crippen LogP contribution in [0.2, 0.25) is 0 Å². The second-order valence-corrected chi connectivity index (χ2v) is 4.50. The molecule has 0 fully saturated rings. The fourth-order valence-corrected chi connectivity index (χ4v) is 2.14. The van der Waals surface area contributed by atoms with Gasteiger partial charge < -0.3 is 9.47 Å². The van der Waals surface area contributed by atoms with Crippen LogP contribution in [0, 0.1) is 11.3 Å². The monoisotopic (exact) mass is 267 g/mol. The van der Waals surface area contributed by atoms with E-state index in [2.05, 4.69) is 16.9 Å². The molecule has 3 rings (SSSR count). The first kappa shape index (κ1) is 12.4. The summed E-state index contributed by atoms with van der Waals surface area (Å²) in [5.41, 5.74) is 2.51. The molecule has 0 aliphatic carbocycles. The van der Waals surface area contributed by atoms with Gasteiger partial charge in [0.25, 0.3) is 0 Å². The maximum atomic E-state index is 9.04. The Morgan fingerprint density at radius 2 is 2.05 bits per heavy atom. The molecule has 1 aromatic carbocycles. The zero-order valence-corrected chi connectivity index (χ0v) is 11.1. The Morgan fingerprint density at radius 3 is 2.85 bits per heavy atom. The third-order valence-electron chi connectivity index (χ3n) is 3.05. The molecule has 0 saturated carbocycles. The molecule has 0 amide bonds. The van der Waals surface area contributed by atoms with E-state index in [0.717, 1.165) is 35.5 Å². The van der Waals surface area contributed by atoms with E-state index in [0.29, 0.717) is 5.75 Å². The first-order chi connectivity index (χ1) is 9.80. The van der Waals surface area contributed by atoms with Gasteiger partial charge in [-0.3, -0.25) is 0 Å². The van der Waals surface area contributed by atoms with Crippen LogP contribution < -0.4 is 9.47 Å². The Hall–Kier alpha value is -2.61. The van der Waals surface area contributed by atoms with Crippen molar-refractivity contribution < 1.29 is 9.47 Å². The van der Waals surface area contributed by atoms with Gasteiger partial charge in [-0.1, -0.05) is 13.3 Å². The molecular weight excluding hydrogens is 254 g/mol. The van der Waals surface area contributed by atoms with E-state index in [4.69, 9.17) is 14.7 Å². The third kappa shape index (κ3) is 2.28. The summed E-state index contributed by atoms with van der Waals surface area (Å²) in [4.78, 5) is 8.47. The number of ether oxygens (including phenoxy) is 2. The molecule has 0 bridgehead atoms. The first-order valence-electron chi connectivity index (χ1n) is 6.48. The molecular formula is C15H13N3O2. The lowest BCUT2D eigenvalue weighted by molar-refractivity contribution is 0.174. The molecule has 1 aliphatic rings. The van der Waals surface area contributed by atoms with Crippen molar-refractivity contribution in [3.05, 3.63) is 35.8 Å². The molecule has 0 radical (unpaired) electrons. The van der Waals surface area contributed by atoms with Crippen LogP contribution in [-0.2, 0) is 6.42 Å². The maximum absolute atomic E-state index is 9.04. The molecule has 0 saturated heterocycles. The maximum Gasteiger partial charge on any atom is 0.232 e. The number of aryl methyl sites for hydroxylation is 1. The van der Waals surface area contributed by atoms with E-state index >= 15 is 0 Å². The van der Waals surface area contributed by atoms with Gasteiger partial charge in [0.05, 0.1) is 5.69 Å². The van der Waals surface area contributed by atoms with Gasteiger partial charge >= 0.3 is 0 Å². The van der Waals surface area contributed by atoms with Crippen molar-refractivity contribution in [2.24, 2.45) is 0 Å². The average molecular weight is 267 g/mol. The Labute approximate surface area is 116 Å². The summed E-state index contributed by atoms with van der Waals surface area (Å²) in [6.45, 7) is 2.32. The number of benzene rings is 1. The predicted molar refractivity (Wildman–Crippen MR) is 72.3 cm³/mol. The Kier molecular flexibility index (Phi) is 3.21. The van der Waals surface area contributed by atoms with Gasteiger partial charge in [-0.2, -0.15) is 5.26 Å². The summed E-state index contributed by atoms with van der Waals surface area (Å²) in [6, 6.07) is 9.57. The normalized spacial score (nSPS) is 12.2. The number of aromatic nitrogens is 2. The van der Waals surface area contributed by atoms with Crippen molar-refractivity contribution in [3.8, 4) is 28.8 Å². The van der Waals surface area contributed by atoms with Gasteiger partial charge in [0.2, 0.25) is 12.6 Å². The van der Waals surface area contributed by atoms with Gasteiger partial charge in [-0.05, 0) is 30.7 Å². The van der Waals surface area contributed by atoms with Crippen LogP contribution in [-0.4, -0.2) is 16.8 Å². The number of hydrogen-bond donors (Lipinski definition) is 0. The van der Waals surface area contributed by atoms with Gasteiger partial charge in [0, 0.05) is 11.3 Å². The average Bonchev–Trinajstić information content (AvgIpc) is 2.94. The number of fused-ring (bicyclic) bond motifs is 1. The fraction of sp³-hybridized carbons (Fsp3) is 0.267. The van der Waals surface area contributed by atoms with Gasteiger partial charge in [-0.15, -0.1) is 0 Å². The predicted octanol–water partition coefficient (Wildman–Crippen LogP) is 2.70. The van der Waals surface area contributed by atoms with Crippen molar-refractivity contribution in [1.29, 1.82) is 5.26 Å². The molecule has 2 aromatic rings. The van der Waals surface area contributed by atoms with Crippen molar-refractivity contribution in [3.63, 3.8) is 0 Å². The van der Waals surface area contributed by atoms with Gasteiger partial charge in [0.15, 0.2) is 11.5 Å². The van der Waals surface area contributed by atoms with Crippen molar-refractivity contribution in [2.45, 2.75) is 19.8 Å². The second-order valence-electron chi connectivity index (χ2n) is 4.50. The van der Waals surface area contributed by atoms with E-state index in [1.165, 1.54) is 0 Å². The smallest absolute Gasteiger partial charge is 0.232 e. The highest BCUT2D eigenvalue weighted by atomic mass is 16.7. The van der Waals surface area contributed by atoms with E-state index in [9.17, 15) is 0 Å². The minimum atomic E-state index is 0.198. The molecule has 5 heteroatoms. The zero-order valence-electron chi connectivity index (χ0n) is 11.1. The summed E-state index contributed by atoms with van der Waals surface area (Å²) in [7, 11) is 0. The molecule has 1 aliphatic heterocycles. The van der Waals surface area contributed by atoms with Crippen LogP contribution >= 0.6 is 0 Å². The highest BCUT2D eigenvalue weighted by Gasteiger charge is 2.15. The molecule has 0 unspecified atom stereocenters. The molecule has 20 heavy (non-hydrogen) atoms. The molecule has 0 spiro atoms. The van der Waals surface area contributed by atoms with E-state index in [1.54, 1.807) is 0 Å². The number of rotatable bonds is 3. The van der Waals surface area contributed by atoms with E-state index in [1.807, 2.05) is 30.3 Å². The van der Waals surface area contributed by atoms with Crippen LogP contribution in [0.5, 0.6) is 11.5 Å². The molecule has 100 valence electrons. The summed E-state index contributed by atoms with van der Waals surface area (Å²) in [6.07, 6.45) is 1.80. The van der Waals surface area contributed by atoms with Crippen LogP contribution in [0.1, 0.15) is 24.9 Å². The first-order valence-corrected chi connectivity index (χ1v) is 6.48. The highest BCUT2D eigenvalue weighted by molar-refractivity contribution is 5.64. The summed E-state index contributed by atoms with van der Waals surface area (Å²) in [5, 5.41) is 9.04. The quantitative estimate of drug-likeness (QED) is 0.855. The van der Waals surface area contributed by atoms with Gasteiger partial charge in [-0.25, -0.2) is 9.97 Å². The third-order valence-corrected chi connectivity index (χ3v) is 3.05. The minimum Gasteiger partial charge on any atom is -0.454 e. The topological polar surface area (TPSA) is 68.0 Å². The van der Waals surface area contributed by atoms with Crippen molar-refractivity contribution in [2.75, 3.05) is 6.79 Å². The molecule has 2 heterocycles. The number of nitriles is 1. The molecule has 0 atom stereocenters.